The van der Waals surface area contributed by atoms with Gasteiger partial charge < -0.3 is 0 Å². The first-order valence-electron chi connectivity index (χ1n) is 2.95. The Labute approximate surface area is 56.1 Å². The van der Waals surface area contributed by atoms with Crippen molar-refractivity contribution in [2.45, 2.75) is 26.1 Å². The summed E-state index contributed by atoms with van der Waals surface area (Å²) in [6, 6.07) is 0. The summed E-state index contributed by atoms with van der Waals surface area (Å²) in [6.45, 7) is 3.94. The van der Waals surface area contributed by atoms with Crippen LogP contribution in [0.5, 0.6) is 0 Å². The van der Waals surface area contributed by atoms with Crippen molar-refractivity contribution < 1.29 is 9.46 Å². The molecule has 0 bridgehead atoms. The van der Waals surface area contributed by atoms with Gasteiger partial charge in [0.25, 0.3) is 0 Å². The summed E-state index contributed by atoms with van der Waals surface area (Å²) >= 11 is 0. The fourth-order valence-electron chi connectivity index (χ4n) is 0.573. The molecule has 0 radical (unpaired) electrons. The molecule has 0 aliphatic rings. The van der Waals surface area contributed by atoms with Gasteiger partial charge in [-0.15, -0.1) is 0 Å². The lowest BCUT2D eigenvalue weighted by atomic mass is 10.1. The fourth-order valence-corrected chi connectivity index (χ4v) is 1.18. The molecule has 2 atom stereocenters. The van der Waals surface area contributed by atoms with Gasteiger partial charge in [-0.3, -0.25) is 5.73 Å². The Morgan fingerprint density at radius 1 is 1.67 bits per heavy atom. The highest BCUT2D eigenvalue weighted by atomic mass is 31.1. The normalized spacial score (nSPS) is 15.9. The monoisotopic (exact) mass is 150 g/mol. The highest BCUT2D eigenvalue weighted by molar-refractivity contribution is 7.38. The fraction of sp³-hybridized carbons (Fsp3) is 1.00. The molecule has 0 rings (SSSR count). The van der Waals surface area contributed by atoms with Crippen molar-refractivity contribution in [1.29, 1.82) is 0 Å². The second-order valence-corrected chi connectivity index (χ2v) is 3.77. The maximum atomic E-state index is 10.3. The minimum atomic E-state index is -2.17. The van der Waals surface area contributed by atoms with E-state index in [2.05, 4.69) is 0 Å². The lowest BCUT2D eigenvalue weighted by Gasteiger charge is -2.00. The van der Waals surface area contributed by atoms with Crippen LogP contribution in [0.2, 0.25) is 0 Å². The summed E-state index contributed by atoms with van der Waals surface area (Å²) in [7, 11) is -2.17. The van der Waals surface area contributed by atoms with Crippen LogP contribution in [-0.2, 0) is 4.57 Å². The highest BCUT2D eigenvalue weighted by Crippen LogP contribution is 2.22. The van der Waals surface area contributed by atoms with E-state index in [1.807, 2.05) is 13.8 Å². The Bertz CT molecular complexity index is 105. The largest absolute Gasteiger partial charge is 0.524 e. The third-order valence-electron chi connectivity index (χ3n) is 0.997. The molecule has 3 N–H and O–H groups in total. The van der Waals surface area contributed by atoms with Crippen molar-refractivity contribution in [3.8, 4) is 0 Å². The van der Waals surface area contributed by atoms with Gasteiger partial charge in [0.1, 0.15) is 0 Å². The summed E-state index contributed by atoms with van der Waals surface area (Å²) in [5, 5.41) is 0. The van der Waals surface area contributed by atoms with Crippen molar-refractivity contribution in [2.24, 2.45) is 11.7 Å². The molecule has 0 aliphatic heterocycles. The van der Waals surface area contributed by atoms with Gasteiger partial charge in [0.2, 0.25) is 5.78 Å². The van der Waals surface area contributed by atoms with Gasteiger partial charge in [0.15, 0.2) is 0 Å². The van der Waals surface area contributed by atoms with Crippen molar-refractivity contribution in [2.75, 3.05) is 0 Å². The molecule has 0 aromatic rings. The topological polar surface area (TPSA) is 63.3 Å². The first-order valence-corrected chi connectivity index (χ1v) is 4.23. The standard InChI is InChI=1S/C5H12NO2P/c1-4(2)3-5(6)9(7)8/h4-5H,3,6H2,1-2H3/p+1/t5-/m0/s1. The Hall–Kier alpha value is 0.0200. The minimum absolute atomic E-state index is 0.395. The Morgan fingerprint density at radius 3 is 2.22 bits per heavy atom. The van der Waals surface area contributed by atoms with Gasteiger partial charge in [0, 0.05) is 6.42 Å². The first kappa shape index (κ1) is 9.02. The van der Waals surface area contributed by atoms with Crippen LogP contribution in [0.15, 0.2) is 0 Å². The molecule has 9 heavy (non-hydrogen) atoms. The average Bonchev–Trinajstić information content (AvgIpc) is 1.63. The molecule has 0 aromatic carbocycles. The van der Waals surface area contributed by atoms with E-state index in [0.717, 1.165) is 0 Å². The van der Waals surface area contributed by atoms with Crippen LogP contribution < -0.4 is 5.73 Å². The number of rotatable bonds is 3. The van der Waals surface area contributed by atoms with Crippen molar-refractivity contribution in [3.63, 3.8) is 0 Å². The second kappa shape index (κ2) is 3.94. The molecule has 0 fully saturated rings. The van der Waals surface area contributed by atoms with Crippen LogP contribution >= 0.6 is 8.03 Å². The molecule has 0 amide bonds. The average molecular weight is 150 g/mol. The Balaban J connectivity index is 3.50. The van der Waals surface area contributed by atoms with Crippen LogP contribution in [0.25, 0.3) is 0 Å². The first-order chi connectivity index (χ1) is 4.04. The van der Waals surface area contributed by atoms with Gasteiger partial charge in [0.05, 0.1) is 0 Å². The third-order valence-corrected chi connectivity index (χ3v) is 1.77. The quantitative estimate of drug-likeness (QED) is 0.591. The summed E-state index contributed by atoms with van der Waals surface area (Å²) in [4.78, 5) is 8.45. The third kappa shape index (κ3) is 4.52. The SMILES string of the molecule is CC(C)C[C@@H](N)[P+](=O)O. The molecule has 4 heteroatoms. The predicted octanol–water partition coefficient (Wildman–Crippen LogP) is 1.05. The van der Waals surface area contributed by atoms with Gasteiger partial charge in [-0.1, -0.05) is 13.8 Å². The maximum Gasteiger partial charge on any atom is 0.524 e. The van der Waals surface area contributed by atoms with Crippen LogP contribution in [0.4, 0.5) is 0 Å². The summed E-state index contributed by atoms with van der Waals surface area (Å²) in [5.74, 6) is -0.147. The Morgan fingerprint density at radius 2 is 2.11 bits per heavy atom. The van der Waals surface area contributed by atoms with E-state index in [0.29, 0.717) is 12.3 Å². The lowest BCUT2D eigenvalue weighted by molar-refractivity contribution is 0.468. The number of hydrogen-bond donors (Lipinski definition) is 2. The molecule has 0 aromatic heterocycles. The molecule has 0 spiro atoms. The van der Waals surface area contributed by atoms with E-state index in [-0.39, 0.29) is 0 Å². The summed E-state index contributed by atoms with van der Waals surface area (Å²) < 4.78 is 10.3. The van der Waals surface area contributed by atoms with Gasteiger partial charge in [-0.2, -0.15) is 4.89 Å². The number of nitrogens with two attached hydrogens (primary N) is 1. The smallest absolute Gasteiger partial charge is 0.285 e. The molecule has 54 valence electrons. The van der Waals surface area contributed by atoms with Crippen molar-refractivity contribution >= 4 is 8.03 Å². The van der Waals surface area contributed by atoms with E-state index in [1.54, 1.807) is 0 Å². The van der Waals surface area contributed by atoms with Gasteiger partial charge in [-0.05, 0) is 10.5 Å². The van der Waals surface area contributed by atoms with Gasteiger partial charge >= 0.3 is 8.03 Å². The summed E-state index contributed by atoms with van der Waals surface area (Å²) in [6.07, 6.45) is 0.617. The van der Waals surface area contributed by atoms with Crippen LogP contribution in [0.3, 0.4) is 0 Å². The second-order valence-electron chi connectivity index (χ2n) is 2.50. The highest BCUT2D eigenvalue weighted by Gasteiger charge is 2.24. The molecule has 1 unspecified atom stereocenters. The molecule has 0 aliphatic carbocycles. The zero-order valence-electron chi connectivity index (χ0n) is 5.74. The van der Waals surface area contributed by atoms with E-state index in [9.17, 15) is 4.57 Å². The Kier molecular flexibility index (Phi) is 3.95. The van der Waals surface area contributed by atoms with Crippen LogP contribution in [-0.4, -0.2) is 10.7 Å². The zero-order valence-corrected chi connectivity index (χ0v) is 6.64. The van der Waals surface area contributed by atoms with Crippen LogP contribution in [0, 0.1) is 5.92 Å². The van der Waals surface area contributed by atoms with E-state index >= 15 is 0 Å². The van der Waals surface area contributed by atoms with Crippen LogP contribution in [0.1, 0.15) is 20.3 Å². The molecular weight excluding hydrogens is 137 g/mol. The zero-order chi connectivity index (χ0) is 7.44. The predicted molar refractivity (Wildman–Crippen MR) is 37.3 cm³/mol. The van der Waals surface area contributed by atoms with Crippen molar-refractivity contribution in [1.82, 2.24) is 0 Å². The van der Waals surface area contributed by atoms with E-state index in [4.69, 9.17) is 10.6 Å². The maximum absolute atomic E-state index is 10.3. The van der Waals surface area contributed by atoms with E-state index in [1.165, 1.54) is 0 Å². The van der Waals surface area contributed by atoms with Crippen molar-refractivity contribution in [3.05, 3.63) is 0 Å². The molecule has 0 saturated heterocycles. The number of hydrogen-bond acceptors (Lipinski definition) is 2. The molecular formula is C5H13NO2P+. The molecule has 3 nitrogen and oxygen atoms in total. The minimum Gasteiger partial charge on any atom is -0.285 e. The van der Waals surface area contributed by atoms with Gasteiger partial charge in [-0.25, -0.2) is 0 Å². The molecule has 0 saturated carbocycles. The summed E-state index contributed by atoms with van der Waals surface area (Å²) in [5.41, 5.74) is 5.28. The molecule has 0 heterocycles. The lowest BCUT2D eigenvalue weighted by Crippen LogP contribution is -2.17. The van der Waals surface area contributed by atoms with E-state index < -0.39 is 13.8 Å².